The third-order valence-corrected chi connectivity index (χ3v) is 5.56. The van der Waals surface area contributed by atoms with E-state index in [0.717, 1.165) is 0 Å². The summed E-state index contributed by atoms with van der Waals surface area (Å²) in [6.07, 6.45) is -0.344. The Bertz CT molecular complexity index is 719. The van der Waals surface area contributed by atoms with Gasteiger partial charge >= 0.3 is 19.5 Å². The van der Waals surface area contributed by atoms with E-state index in [1.165, 1.54) is 6.07 Å². The van der Waals surface area contributed by atoms with Crippen molar-refractivity contribution < 1.29 is 33.0 Å². The zero-order valence-electron chi connectivity index (χ0n) is 16.4. The van der Waals surface area contributed by atoms with E-state index in [1.807, 2.05) is 0 Å². The van der Waals surface area contributed by atoms with Gasteiger partial charge in [-0.05, 0) is 52.3 Å². The molecule has 0 radical (unpaired) electrons. The summed E-state index contributed by atoms with van der Waals surface area (Å²) in [6.45, 7) is 8.59. The van der Waals surface area contributed by atoms with Gasteiger partial charge < -0.3 is 24.6 Å². The fraction of sp³-hybridized carbons (Fsp3) is 0.556. The standard InChI is InChI=1S/C18H28NO7P/c1-6-24-27(23,25-7-2)14-10-8-9-13(11-14)12-18(19,15(20)21)16(22)26-17(3,4)5/h8-11H,6-7,12,19H2,1-5H3,(H,20,21). The number of rotatable bonds is 9. The summed E-state index contributed by atoms with van der Waals surface area (Å²) in [5.41, 5.74) is 3.11. The van der Waals surface area contributed by atoms with Gasteiger partial charge in [-0.3, -0.25) is 4.57 Å². The smallest absolute Gasteiger partial charge is 0.361 e. The Hall–Kier alpha value is -1.73. The van der Waals surface area contributed by atoms with Gasteiger partial charge in [0, 0.05) is 6.42 Å². The molecule has 0 aliphatic carbocycles. The number of carbonyl (C=O) groups is 2. The number of esters is 1. The lowest BCUT2D eigenvalue weighted by molar-refractivity contribution is -0.169. The Balaban J connectivity index is 3.24. The monoisotopic (exact) mass is 401 g/mol. The molecule has 3 N–H and O–H groups in total. The molecule has 0 aromatic heterocycles. The summed E-state index contributed by atoms with van der Waals surface area (Å²) >= 11 is 0. The molecule has 0 spiro atoms. The van der Waals surface area contributed by atoms with Crippen molar-refractivity contribution in [2.24, 2.45) is 5.73 Å². The van der Waals surface area contributed by atoms with E-state index >= 15 is 0 Å². The molecule has 1 aromatic carbocycles. The average molecular weight is 401 g/mol. The van der Waals surface area contributed by atoms with Gasteiger partial charge in [0.15, 0.2) is 0 Å². The molecule has 1 atom stereocenters. The minimum atomic E-state index is -3.55. The van der Waals surface area contributed by atoms with E-state index < -0.39 is 30.7 Å². The normalized spacial score (nSPS) is 14.4. The van der Waals surface area contributed by atoms with Crippen LogP contribution in [0.2, 0.25) is 0 Å². The molecule has 0 amide bonds. The van der Waals surface area contributed by atoms with Crippen molar-refractivity contribution in [3.8, 4) is 0 Å². The molecule has 0 heterocycles. The number of hydrogen-bond donors (Lipinski definition) is 2. The fourth-order valence-electron chi connectivity index (χ4n) is 2.29. The molecule has 0 aliphatic rings. The number of hydrogen-bond acceptors (Lipinski definition) is 7. The van der Waals surface area contributed by atoms with Crippen molar-refractivity contribution in [1.82, 2.24) is 0 Å². The Morgan fingerprint density at radius 1 is 1.15 bits per heavy atom. The van der Waals surface area contributed by atoms with Crippen LogP contribution < -0.4 is 11.0 Å². The second-order valence-corrected chi connectivity index (χ2v) is 8.99. The van der Waals surface area contributed by atoms with Gasteiger partial charge in [0.05, 0.1) is 18.5 Å². The van der Waals surface area contributed by atoms with Crippen molar-refractivity contribution in [2.75, 3.05) is 13.2 Å². The van der Waals surface area contributed by atoms with Gasteiger partial charge in [0.25, 0.3) is 0 Å². The summed E-state index contributed by atoms with van der Waals surface area (Å²) in [7, 11) is -3.55. The molecule has 27 heavy (non-hydrogen) atoms. The molecule has 0 saturated carbocycles. The van der Waals surface area contributed by atoms with E-state index in [4.69, 9.17) is 19.5 Å². The summed E-state index contributed by atoms with van der Waals surface area (Å²) in [5, 5.41) is 9.79. The van der Waals surface area contributed by atoms with Crippen molar-refractivity contribution in [1.29, 1.82) is 0 Å². The molecule has 0 fully saturated rings. The van der Waals surface area contributed by atoms with Gasteiger partial charge in [-0.15, -0.1) is 0 Å². The summed E-state index contributed by atoms with van der Waals surface area (Å²) < 4.78 is 28.7. The van der Waals surface area contributed by atoms with Crippen LogP contribution in [-0.2, 0) is 34.4 Å². The van der Waals surface area contributed by atoms with Gasteiger partial charge in [-0.1, -0.05) is 12.1 Å². The molecule has 1 unspecified atom stereocenters. The number of nitrogens with two attached hydrogens (primary N) is 1. The van der Waals surface area contributed by atoms with Crippen LogP contribution in [-0.4, -0.2) is 41.4 Å². The lowest BCUT2D eigenvalue weighted by Crippen LogP contribution is -2.58. The predicted octanol–water partition coefficient (Wildman–Crippen LogP) is 2.24. The molecule has 0 aliphatic heterocycles. The van der Waals surface area contributed by atoms with Gasteiger partial charge in [-0.25, -0.2) is 9.59 Å². The van der Waals surface area contributed by atoms with E-state index in [2.05, 4.69) is 0 Å². The molecular formula is C18H28NO7P. The van der Waals surface area contributed by atoms with E-state index in [-0.39, 0.29) is 24.9 Å². The maximum atomic E-state index is 12.9. The maximum Gasteiger partial charge on any atom is 0.361 e. The third kappa shape index (κ3) is 6.14. The van der Waals surface area contributed by atoms with Gasteiger partial charge in [-0.2, -0.15) is 0 Å². The Labute approximate surface area is 159 Å². The Morgan fingerprint density at radius 2 is 1.70 bits per heavy atom. The minimum absolute atomic E-state index is 0.176. The number of carboxylic acids is 1. The lowest BCUT2D eigenvalue weighted by Gasteiger charge is -2.28. The van der Waals surface area contributed by atoms with Crippen LogP contribution in [0.15, 0.2) is 24.3 Å². The van der Waals surface area contributed by atoms with Crippen LogP contribution in [0.4, 0.5) is 0 Å². The number of carboxylic acid groups (broad SMARTS) is 1. The van der Waals surface area contributed by atoms with Crippen LogP contribution >= 0.6 is 7.60 Å². The van der Waals surface area contributed by atoms with Crippen LogP contribution in [0.5, 0.6) is 0 Å². The molecule has 1 aromatic rings. The number of carbonyl (C=O) groups excluding carboxylic acids is 1. The first-order chi connectivity index (χ1) is 12.4. The van der Waals surface area contributed by atoms with E-state index in [1.54, 1.807) is 52.8 Å². The number of aliphatic carboxylic acids is 1. The molecule has 0 saturated heterocycles. The summed E-state index contributed by atoms with van der Waals surface area (Å²) in [6, 6.07) is 6.19. The van der Waals surface area contributed by atoms with Crippen LogP contribution in [0.1, 0.15) is 40.2 Å². The first-order valence-electron chi connectivity index (χ1n) is 8.62. The minimum Gasteiger partial charge on any atom is -0.479 e. The average Bonchev–Trinajstić information content (AvgIpc) is 2.53. The zero-order chi connectivity index (χ0) is 20.9. The molecule has 0 bridgehead atoms. The van der Waals surface area contributed by atoms with E-state index in [0.29, 0.717) is 5.56 Å². The van der Waals surface area contributed by atoms with Crippen LogP contribution in [0.3, 0.4) is 0 Å². The predicted molar refractivity (Wildman–Crippen MR) is 101 cm³/mol. The largest absolute Gasteiger partial charge is 0.479 e. The molecular weight excluding hydrogens is 373 g/mol. The Morgan fingerprint density at radius 3 is 2.15 bits per heavy atom. The third-order valence-electron chi connectivity index (χ3n) is 3.45. The van der Waals surface area contributed by atoms with Crippen molar-refractivity contribution in [3.63, 3.8) is 0 Å². The first-order valence-corrected chi connectivity index (χ1v) is 10.2. The highest BCUT2D eigenvalue weighted by Crippen LogP contribution is 2.46. The van der Waals surface area contributed by atoms with E-state index in [9.17, 15) is 19.3 Å². The highest BCUT2D eigenvalue weighted by atomic mass is 31.2. The topological polar surface area (TPSA) is 125 Å². The van der Waals surface area contributed by atoms with Crippen LogP contribution in [0.25, 0.3) is 0 Å². The maximum absolute atomic E-state index is 12.9. The van der Waals surface area contributed by atoms with Crippen LogP contribution in [0, 0.1) is 0 Å². The van der Waals surface area contributed by atoms with Gasteiger partial charge in [0.1, 0.15) is 5.60 Å². The summed E-state index contributed by atoms with van der Waals surface area (Å²) in [4.78, 5) is 24.1. The van der Waals surface area contributed by atoms with Crippen molar-refractivity contribution in [2.45, 2.75) is 52.2 Å². The molecule has 8 nitrogen and oxygen atoms in total. The molecule has 1 rings (SSSR count). The summed E-state index contributed by atoms with van der Waals surface area (Å²) in [5.74, 6) is -2.56. The highest BCUT2D eigenvalue weighted by Gasteiger charge is 2.45. The number of ether oxygens (including phenoxy) is 1. The lowest BCUT2D eigenvalue weighted by atomic mass is 9.91. The zero-order valence-corrected chi connectivity index (χ0v) is 17.2. The fourth-order valence-corrected chi connectivity index (χ4v) is 3.93. The van der Waals surface area contributed by atoms with Gasteiger partial charge in [0.2, 0.25) is 5.54 Å². The SMILES string of the molecule is CCOP(=O)(OCC)c1cccc(CC(N)(C(=O)O)C(=O)OC(C)(C)C)c1. The highest BCUT2D eigenvalue weighted by molar-refractivity contribution is 7.62. The van der Waals surface area contributed by atoms with Crippen molar-refractivity contribution in [3.05, 3.63) is 29.8 Å². The molecule has 152 valence electrons. The second-order valence-electron chi connectivity index (χ2n) is 6.96. The second kappa shape index (κ2) is 8.97. The molecule has 9 heteroatoms. The number of benzene rings is 1. The first kappa shape index (κ1) is 23.3. The van der Waals surface area contributed by atoms with Crippen molar-refractivity contribution >= 4 is 24.8 Å². The Kier molecular flexibility index (Phi) is 7.75. The quantitative estimate of drug-likeness (QED) is 0.367.